The molecule has 0 fully saturated rings. The summed E-state index contributed by atoms with van der Waals surface area (Å²) in [7, 11) is 0. The largest absolute Gasteiger partial charge is 0.343 e. The molecule has 0 atom stereocenters. The van der Waals surface area contributed by atoms with Crippen molar-refractivity contribution in [2.45, 2.75) is 17.7 Å². The highest BCUT2D eigenvalue weighted by Crippen LogP contribution is 2.31. The molecule has 118 valence electrons. The van der Waals surface area contributed by atoms with Gasteiger partial charge in [0.15, 0.2) is 0 Å². The van der Waals surface area contributed by atoms with Crippen molar-refractivity contribution in [2.24, 2.45) is 0 Å². The first-order valence-corrected chi connectivity index (χ1v) is 8.60. The van der Waals surface area contributed by atoms with Crippen LogP contribution in [-0.4, -0.2) is 24.1 Å². The van der Waals surface area contributed by atoms with E-state index in [0.29, 0.717) is 5.56 Å². The number of fused-ring (bicyclic) bond motifs is 1. The summed E-state index contributed by atoms with van der Waals surface area (Å²) >= 11 is 1.86. The van der Waals surface area contributed by atoms with Gasteiger partial charge in [-0.25, -0.2) is 0 Å². The second-order valence-electron chi connectivity index (χ2n) is 5.37. The standard InChI is InChI=1S/C18H18N2O2S/c21-17(12-19-18(22)13-5-2-1-3-6-13)20-15-8-9-16-14(11-15)7-4-10-23-16/h1-3,5-6,8-9,11H,4,7,10,12H2,(H,19,22)(H,20,21). The Bertz CT molecular complexity index is 716. The van der Waals surface area contributed by atoms with Crippen molar-refractivity contribution in [2.75, 3.05) is 17.6 Å². The molecule has 2 aromatic carbocycles. The van der Waals surface area contributed by atoms with E-state index in [1.54, 1.807) is 24.3 Å². The van der Waals surface area contributed by atoms with Gasteiger partial charge in [0.25, 0.3) is 5.91 Å². The molecule has 0 saturated carbocycles. The molecule has 2 aromatic rings. The number of hydrogen-bond acceptors (Lipinski definition) is 3. The molecule has 0 aliphatic carbocycles. The minimum Gasteiger partial charge on any atom is -0.343 e. The number of nitrogens with one attached hydrogen (secondary N) is 2. The molecule has 1 heterocycles. The van der Waals surface area contributed by atoms with Gasteiger partial charge in [-0.15, -0.1) is 11.8 Å². The molecular formula is C18H18N2O2S. The highest BCUT2D eigenvalue weighted by Gasteiger charge is 2.12. The Morgan fingerprint density at radius 3 is 2.74 bits per heavy atom. The summed E-state index contributed by atoms with van der Waals surface area (Å²) in [6.07, 6.45) is 2.22. The molecule has 0 spiro atoms. The Morgan fingerprint density at radius 1 is 1.09 bits per heavy atom. The Labute approximate surface area is 139 Å². The monoisotopic (exact) mass is 326 g/mol. The smallest absolute Gasteiger partial charge is 0.251 e. The second kappa shape index (κ2) is 7.33. The van der Waals surface area contributed by atoms with Crippen molar-refractivity contribution in [1.29, 1.82) is 0 Å². The number of anilines is 1. The lowest BCUT2D eigenvalue weighted by Gasteiger charge is -2.16. The van der Waals surface area contributed by atoms with Crippen LogP contribution in [0.3, 0.4) is 0 Å². The minimum absolute atomic E-state index is 0.0421. The van der Waals surface area contributed by atoms with Crippen LogP contribution in [0.25, 0.3) is 0 Å². The third kappa shape index (κ3) is 4.13. The Balaban J connectivity index is 1.54. The summed E-state index contributed by atoms with van der Waals surface area (Å²) in [5.41, 5.74) is 2.61. The molecule has 2 amide bonds. The van der Waals surface area contributed by atoms with E-state index in [0.717, 1.165) is 17.9 Å². The maximum atomic E-state index is 12.0. The van der Waals surface area contributed by atoms with Crippen molar-refractivity contribution in [3.05, 3.63) is 59.7 Å². The number of carbonyl (C=O) groups excluding carboxylic acids is 2. The van der Waals surface area contributed by atoms with E-state index in [1.807, 2.05) is 30.0 Å². The van der Waals surface area contributed by atoms with Crippen molar-refractivity contribution < 1.29 is 9.59 Å². The lowest BCUT2D eigenvalue weighted by Crippen LogP contribution is -2.32. The van der Waals surface area contributed by atoms with Gasteiger partial charge in [-0.05, 0) is 54.5 Å². The van der Waals surface area contributed by atoms with Crippen molar-refractivity contribution in [3.63, 3.8) is 0 Å². The zero-order valence-corrected chi connectivity index (χ0v) is 13.5. The molecule has 1 aliphatic heterocycles. The van der Waals surface area contributed by atoms with Gasteiger partial charge in [-0.2, -0.15) is 0 Å². The fraction of sp³-hybridized carbons (Fsp3) is 0.222. The Hall–Kier alpha value is -2.27. The SMILES string of the molecule is O=C(CNC(=O)c1ccccc1)Nc1ccc2c(c1)CCCS2. The van der Waals surface area contributed by atoms with Gasteiger partial charge >= 0.3 is 0 Å². The van der Waals surface area contributed by atoms with Gasteiger partial charge in [-0.3, -0.25) is 9.59 Å². The van der Waals surface area contributed by atoms with Gasteiger partial charge in [0.2, 0.25) is 5.91 Å². The van der Waals surface area contributed by atoms with Gasteiger partial charge in [-0.1, -0.05) is 18.2 Å². The molecule has 23 heavy (non-hydrogen) atoms. The molecule has 1 aliphatic rings. The molecule has 0 unspecified atom stereocenters. The number of benzene rings is 2. The summed E-state index contributed by atoms with van der Waals surface area (Å²) in [6, 6.07) is 14.9. The van der Waals surface area contributed by atoms with E-state index < -0.39 is 0 Å². The number of thioether (sulfide) groups is 1. The summed E-state index contributed by atoms with van der Waals surface area (Å²) in [6.45, 7) is -0.0421. The molecule has 4 nitrogen and oxygen atoms in total. The Morgan fingerprint density at radius 2 is 1.91 bits per heavy atom. The van der Waals surface area contributed by atoms with E-state index in [-0.39, 0.29) is 18.4 Å². The van der Waals surface area contributed by atoms with Gasteiger partial charge in [0, 0.05) is 16.1 Å². The normalized spacial score (nSPS) is 13.0. The van der Waals surface area contributed by atoms with Crippen molar-refractivity contribution in [3.8, 4) is 0 Å². The summed E-state index contributed by atoms with van der Waals surface area (Å²) in [4.78, 5) is 25.2. The summed E-state index contributed by atoms with van der Waals surface area (Å²) in [5.74, 6) is 0.685. The van der Waals surface area contributed by atoms with E-state index in [1.165, 1.54) is 16.9 Å². The first-order chi connectivity index (χ1) is 11.2. The third-order valence-electron chi connectivity index (χ3n) is 3.64. The lowest BCUT2D eigenvalue weighted by molar-refractivity contribution is -0.115. The molecule has 0 aromatic heterocycles. The van der Waals surface area contributed by atoms with E-state index in [4.69, 9.17) is 0 Å². The number of hydrogen-bond donors (Lipinski definition) is 2. The third-order valence-corrected chi connectivity index (χ3v) is 4.84. The van der Waals surface area contributed by atoms with Crippen molar-refractivity contribution in [1.82, 2.24) is 5.32 Å². The molecule has 0 bridgehead atoms. The molecule has 0 saturated heterocycles. The molecule has 3 rings (SSSR count). The topological polar surface area (TPSA) is 58.2 Å². The maximum absolute atomic E-state index is 12.0. The van der Waals surface area contributed by atoms with Gasteiger partial charge in [0.1, 0.15) is 0 Å². The lowest BCUT2D eigenvalue weighted by atomic mass is 10.1. The van der Waals surface area contributed by atoms with Gasteiger partial charge < -0.3 is 10.6 Å². The second-order valence-corrected chi connectivity index (χ2v) is 6.51. The zero-order chi connectivity index (χ0) is 16.1. The molecule has 5 heteroatoms. The minimum atomic E-state index is -0.248. The Kier molecular flexibility index (Phi) is 4.98. The van der Waals surface area contributed by atoms with Crippen LogP contribution >= 0.6 is 11.8 Å². The van der Waals surface area contributed by atoms with Crippen LogP contribution < -0.4 is 10.6 Å². The van der Waals surface area contributed by atoms with Crippen LogP contribution in [0, 0.1) is 0 Å². The first-order valence-electron chi connectivity index (χ1n) is 7.61. The number of aryl methyl sites for hydroxylation is 1. The molecule has 0 radical (unpaired) electrons. The van der Waals surface area contributed by atoms with Crippen LogP contribution in [0.4, 0.5) is 5.69 Å². The van der Waals surface area contributed by atoms with Crippen LogP contribution in [0.5, 0.6) is 0 Å². The summed E-state index contributed by atoms with van der Waals surface area (Å²) in [5, 5.41) is 5.46. The van der Waals surface area contributed by atoms with Crippen LogP contribution in [0.2, 0.25) is 0 Å². The van der Waals surface area contributed by atoms with Gasteiger partial charge in [0.05, 0.1) is 6.54 Å². The van der Waals surface area contributed by atoms with Crippen LogP contribution in [0.15, 0.2) is 53.4 Å². The highest BCUT2D eigenvalue weighted by atomic mass is 32.2. The first kappa shape index (κ1) is 15.6. The summed E-state index contributed by atoms with van der Waals surface area (Å²) < 4.78 is 0. The average molecular weight is 326 g/mol. The van der Waals surface area contributed by atoms with Crippen LogP contribution in [-0.2, 0) is 11.2 Å². The van der Waals surface area contributed by atoms with E-state index in [9.17, 15) is 9.59 Å². The maximum Gasteiger partial charge on any atom is 0.251 e. The number of carbonyl (C=O) groups is 2. The van der Waals surface area contributed by atoms with Crippen molar-refractivity contribution >= 4 is 29.3 Å². The zero-order valence-electron chi connectivity index (χ0n) is 12.7. The molecular weight excluding hydrogens is 308 g/mol. The fourth-order valence-corrected chi connectivity index (χ4v) is 3.51. The highest BCUT2D eigenvalue weighted by molar-refractivity contribution is 7.99. The van der Waals surface area contributed by atoms with E-state index >= 15 is 0 Å². The number of amides is 2. The predicted molar refractivity (Wildman–Crippen MR) is 92.9 cm³/mol. The average Bonchev–Trinajstić information content (AvgIpc) is 2.60. The quantitative estimate of drug-likeness (QED) is 0.908. The fourth-order valence-electron chi connectivity index (χ4n) is 2.50. The van der Waals surface area contributed by atoms with E-state index in [2.05, 4.69) is 16.7 Å². The molecule has 2 N–H and O–H groups in total. The number of rotatable bonds is 4. The van der Waals surface area contributed by atoms with Crippen LogP contribution in [0.1, 0.15) is 22.3 Å². The predicted octanol–water partition coefficient (Wildman–Crippen LogP) is 3.09.